The Morgan fingerprint density at radius 1 is 0.400 bits per heavy atom. The topological polar surface area (TPSA) is 111 Å². The molecular weight excluding hydrogens is 1010 g/mol. The summed E-state index contributed by atoms with van der Waals surface area (Å²) in [4.78, 5) is 37.9. The predicted octanol–water partition coefficient (Wildman–Crippen LogP) is 19.6. The third kappa shape index (κ3) is 63.1. The number of carbonyl (C=O) groups is 2. The number of esters is 2. The maximum atomic E-state index is 12.8. The van der Waals surface area contributed by atoms with Gasteiger partial charge in [0.1, 0.15) is 19.8 Å². The molecule has 0 spiro atoms. The quantitative estimate of drug-likeness (QED) is 0.0195. The molecule has 0 saturated carbocycles. The number of quaternary nitrogens is 1. The normalized spacial score (nSPS) is 14.2. The van der Waals surface area contributed by atoms with Crippen LogP contribution in [0.15, 0.2) is 146 Å². The molecule has 0 aromatic heterocycles. The van der Waals surface area contributed by atoms with Crippen LogP contribution in [0.2, 0.25) is 0 Å². The maximum absolute atomic E-state index is 12.8. The first-order valence-corrected chi connectivity index (χ1v) is 33.0. The van der Waals surface area contributed by atoms with Crippen molar-refractivity contribution in [3.8, 4) is 0 Å². The smallest absolute Gasteiger partial charge is 0.306 e. The number of phosphoric acid groups is 1. The van der Waals surface area contributed by atoms with Gasteiger partial charge in [-0.15, -0.1) is 0 Å². The summed E-state index contributed by atoms with van der Waals surface area (Å²) in [6.07, 6.45) is 87.5. The van der Waals surface area contributed by atoms with Crippen LogP contribution in [0.5, 0.6) is 0 Å². The molecule has 2 unspecified atom stereocenters. The highest BCUT2D eigenvalue weighted by Gasteiger charge is 2.22. The van der Waals surface area contributed by atoms with Crippen molar-refractivity contribution < 1.29 is 42.1 Å². The summed E-state index contributed by atoms with van der Waals surface area (Å²) in [6, 6.07) is 0. The molecule has 2 atom stereocenters. The lowest BCUT2D eigenvalue weighted by Crippen LogP contribution is -2.37. The first-order chi connectivity index (χ1) is 39.0. The number of hydrogen-bond acceptors (Lipinski definition) is 8. The standard InChI is InChI=1S/C70H116NO8P/c1-6-8-10-12-14-16-18-20-22-24-26-27-28-29-30-31-32-33-34-35-36-37-38-39-40-41-42-43-45-47-49-51-53-55-57-59-61-63-70(73)79-68(67-78-80(74,75)77-65-64-71(3,4)5)66-76-69(72)62-60-58-56-54-52-50-48-46-44-25-23-21-19-17-15-13-11-9-7-2/h8,10,14-17,20-23,26-27,29-30,32-33,35-36,38-39,41-42,45,47,68H,6-7,9,11-13,18-19,24-25,28,31,34,37,40,43-44,46,48-67H2,1-5H3/b10-8-,16-14-,17-15-,22-20-,23-21-,27-26-,30-29-,33-32-,36-35-,39-38-,42-41-,47-45-. The van der Waals surface area contributed by atoms with Crippen molar-refractivity contribution in [1.82, 2.24) is 0 Å². The van der Waals surface area contributed by atoms with Crippen molar-refractivity contribution in [2.75, 3.05) is 47.5 Å². The molecule has 0 N–H and O–H groups in total. The van der Waals surface area contributed by atoms with Crippen LogP contribution in [0.1, 0.15) is 232 Å². The van der Waals surface area contributed by atoms with Crippen LogP contribution in [0.3, 0.4) is 0 Å². The Labute approximate surface area is 491 Å². The monoisotopic (exact) mass is 1130 g/mol. The van der Waals surface area contributed by atoms with E-state index in [-0.39, 0.29) is 26.1 Å². The van der Waals surface area contributed by atoms with E-state index in [1.807, 2.05) is 21.1 Å². The third-order valence-corrected chi connectivity index (χ3v) is 13.8. The van der Waals surface area contributed by atoms with Gasteiger partial charge in [0.15, 0.2) is 6.10 Å². The lowest BCUT2D eigenvalue weighted by molar-refractivity contribution is -0.870. The molecule has 0 bridgehead atoms. The molecule has 0 rings (SSSR count). The number of allylic oxidation sites excluding steroid dienone is 24. The molecule has 0 heterocycles. The second-order valence-electron chi connectivity index (χ2n) is 21.7. The Balaban J connectivity index is 4.20. The van der Waals surface area contributed by atoms with Crippen molar-refractivity contribution in [2.45, 2.75) is 238 Å². The Hall–Kier alpha value is -4.11. The van der Waals surface area contributed by atoms with Gasteiger partial charge >= 0.3 is 11.9 Å². The second-order valence-corrected chi connectivity index (χ2v) is 23.1. The van der Waals surface area contributed by atoms with Crippen LogP contribution in [0, 0.1) is 0 Å². The highest BCUT2D eigenvalue weighted by atomic mass is 31.2. The first kappa shape index (κ1) is 75.9. The Bertz CT molecular complexity index is 1860. The van der Waals surface area contributed by atoms with Gasteiger partial charge in [-0.05, 0) is 122 Å². The van der Waals surface area contributed by atoms with Crippen molar-refractivity contribution >= 4 is 19.8 Å². The Kier molecular flexibility index (Phi) is 56.5. The van der Waals surface area contributed by atoms with E-state index < -0.39 is 32.5 Å². The fourth-order valence-electron chi connectivity index (χ4n) is 8.01. The summed E-state index contributed by atoms with van der Waals surface area (Å²) in [6.45, 7) is 4.06. The highest BCUT2D eigenvalue weighted by molar-refractivity contribution is 7.45. The summed E-state index contributed by atoms with van der Waals surface area (Å²) < 4.78 is 34.2. The maximum Gasteiger partial charge on any atom is 0.306 e. The van der Waals surface area contributed by atoms with E-state index in [9.17, 15) is 19.0 Å². The summed E-state index contributed by atoms with van der Waals surface area (Å²) >= 11 is 0. The number of ether oxygens (including phenoxy) is 2. The van der Waals surface area contributed by atoms with E-state index in [1.54, 1.807) is 0 Å². The molecule has 80 heavy (non-hydrogen) atoms. The van der Waals surface area contributed by atoms with Gasteiger partial charge in [-0.3, -0.25) is 14.2 Å². The molecule has 0 saturated heterocycles. The van der Waals surface area contributed by atoms with Gasteiger partial charge in [-0.25, -0.2) is 0 Å². The number of hydrogen-bond donors (Lipinski definition) is 0. The highest BCUT2D eigenvalue weighted by Crippen LogP contribution is 2.38. The molecule has 0 aromatic carbocycles. The fourth-order valence-corrected chi connectivity index (χ4v) is 8.74. The van der Waals surface area contributed by atoms with Crippen LogP contribution >= 0.6 is 7.82 Å². The summed E-state index contributed by atoms with van der Waals surface area (Å²) in [5.41, 5.74) is 0. The van der Waals surface area contributed by atoms with Gasteiger partial charge in [-0.1, -0.05) is 243 Å². The van der Waals surface area contributed by atoms with Crippen molar-refractivity contribution in [3.05, 3.63) is 146 Å². The molecule has 0 aliphatic heterocycles. The van der Waals surface area contributed by atoms with Crippen LogP contribution in [0.4, 0.5) is 0 Å². The average molecular weight is 1130 g/mol. The SMILES string of the molecule is CC/C=C\C/C=C\C/C=C\C/C=C\C/C=C\C/C=C\C/C=C\C/C=C\C/C=C\C/C=C\CCCCCCCCC(=O)OC(COC(=O)CCCCCCCCCCC/C=C\C/C=C\CCCCC)COP(=O)([O-])OCC[N+](C)(C)C. The van der Waals surface area contributed by atoms with Crippen LogP contribution in [0.25, 0.3) is 0 Å². The summed E-state index contributed by atoms with van der Waals surface area (Å²) in [5, 5.41) is 0. The van der Waals surface area contributed by atoms with Crippen molar-refractivity contribution in [3.63, 3.8) is 0 Å². The molecule has 0 fully saturated rings. The van der Waals surface area contributed by atoms with E-state index in [4.69, 9.17) is 18.5 Å². The lowest BCUT2D eigenvalue weighted by atomic mass is 10.1. The number of carbonyl (C=O) groups excluding carboxylic acids is 2. The zero-order valence-corrected chi connectivity index (χ0v) is 52.4. The Morgan fingerprint density at radius 3 is 1.06 bits per heavy atom. The van der Waals surface area contributed by atoms with Crippen molar-refractivity contribution in [2.24, 2.45) is 0 Å². The number of nitrogens with zero attached hydrogens (tertiary/aromatic N) is 1. The number of unbranched alkanes of at least 4 members (excludes halogenated alkanes) is 18. The van der Waals surface area contributed by atoms with Crippen molar-refractivity contribution in [1.29, 1.82) is 0 Å². The van der Waals surface area contributed by atoms with E-state index >= 15 is 0 Å². The minimum atomic E-state index is -4.65. The zero-order chi connectivity index (χ0) is 58.4. The minimum absolute atomic E-state index is 0.0423. The summed E-state index contributed by atoms with van der Waals surface area (Å²) in [7, 11) is 1.13. The molecule has 0 radical (unpaired) electrons. The fraction of sp³-hybridized carbons (Fsp3) is 0.629. The molecule has 10 heteroatoms. The largest absolute Gasteiger partial charge is 0.756 e. The number of rotatable bonds is 56. The van der Waals surface area contributed by atoms with E-state index in [2.05, 4.69) is 160 Å². The molecular formula is C70H116NO8P. The van der Waals surface area contributed by atoms with Gasteiger partial charge in [0.25, 0.3) is 7.82 Å². The molecule has 0 aliphatic carbocycles. The van der Waals surface area contributed by atoms with Gasteiger partial charge in [-0.2, -0.15) is 0 Å². The lowest BCUT2D eigenvalue weighted by Gasteiger charge is -2.28. The molecule has 0 aliphatic rings. The van der Waals surface area contributed by atoms with Gasteiger partial charge in [0.2, 0.25) is 0 Å². The third-order valence-electron chi connectivity index (χ3n) is 12.8. The Morgan fingerprint density at radius 2 is 0.713 bits per heavy atom. The van der Waals surface area contributed by atoms with Crippen LogP contribution < -0.4 is 4.89 Å². The van der Waals surface area contributed by atoms with Gasteiger partial charge in [0, 0.05) is 12.8 Å². The molecule has 454 valence electrons. The second kappa shape index (κ2) is 59.5. The minimum Gasteiger partial charge on any atom is -0.756 e. The molecule has 0 amide bonds. The van der Waals surface area contributed by atoms with Gasteiger partial charge in [0.05, 0.1) is 27.7 Å². The molecule has 0 aromatic rings. The zero-order valence-electron chi connectivity index (χ0n) is 51.5. The van der Waals surface area contributed by atoms with E-state index in [1.165, 1.54) is 57.8 Å². The summed E-state index contributed by atoms with van der Waals surface area (Å²) in [5.74, 6) is -0.864. The van der Waals surface area contributed by atoms with Crippen LogP contribution in [-0.2, 0) is 32.7 Å². The first-order valence-electron chi connectivity index (χ1n) is 31.5. The van der Waals surface area contributed by atoms with E-state index in [0.29, 0.717) is 17.4 Å². The predicted molar refractivity (Wildman–Crippen MR) is 341 cm³/mol. The van der Waals surface area contributed by atoms with Crippen LogP contribution in [-0.4, -0.2) is 70.0 Å². The molecule has 9 nitrogen and oxygen atoms in total. The number of likely N-dealkylation sites (N-methyl/N-ethyl adjacent to an activating group) is 1. The number of phosphoric ester groups is 1. The van der Waals surface area contributed by atoms with Gasteiger partial charge < -0.3 is 27.9 Å². The average Bonchev–Trinajstić information content (AvgIpc) is 3.42. The van der Waals surface area contributed by atoms with E-state index in [0.717, 1.165) is 141 Å².